The van der Waals surface area contributed by atoms with Crippen molar-refractivity contribution in [3.63, 3.8) is 0 Å². The van der Waals surface area contributed by atoms with E-state index in [2.05, 4.69) is 30.4 Å². The molecule has 2 unspecified atom stereocenters. The molecule has 0 amide bonds. The number of nitriles is 1. The number of anilines is 1. The van der Waals surface area contributed by atoms with E-state index < -0.39 is 57.2 Å². The van der Waals surface area contributed by atoms with Crippen LogP contribution in [0.4, 0.5) is 27.8 Å². The molecule has 3 aromatic rings. The number of hydrogen-bond acceptors (Lipinski definition) is 7. The van der Waals surface area contributed by atoms with Gasteiger partial charge in [0.05, 0.1) is 12.7 Å². The van der Waals surface area contributed by atoms with E-state index in [-0.39, 0.29) is 29.2 Å². The third-order valence-electron chi connectivity index (χ3n) is 7.36. The van der Waals surface area contributed by atoms with Gasteiger partial charge in [0.25, 0.3) is 0 Å². The summed E-state index contributed by atoms with van der Waals surface area (Å²) in [5.74, 6) is -3.22. The SMILES string of the molecule is C=C(N)Oc1c(F)ccc(-c2c(C(F)(F)F)cc3c(N(C)C(CCC(C)CC)C(C)C)nc(OC)nc3c2F)c1C#N. The highest BCUT2D eigenvalue weighted by Crippen LogP contribution is 2.46. The number of aromatic nitrogens is 2. The Bertz CT molecular complexity index is 1520. The summed E-state index contributed by atoms with van der Waals surface area (Å²) in [6.07, 6.45) is -2.52. The Hall–Kier alpha value is -4.14. The number of halogens is 5. The molecule has 0 aliphatic carbocycles. The first-order valence-corrected chi connectivity index (χ1v) is 13.4. The molecule has 0 spiro atoms. The summed E-state index contributed by atoms with van der Waals surface area (Å²) < 4.78 is 85.0. The van der Waals surface area contributed by atoms with Gasteiger partial charge in [-0.25, -0.2) is 8.78 Å². The first kappa shape index (κ1) is 32.4. The van der Waals surface area contributed by atoms with Crippen LogP contribution in [0.25, 0.3) is 22.0 Å². The molecule has 0 saturated carbocycles. The Kier molecular flexibility index (Phi) is 9.86. The summed E-state index contributed by atoms with van der Waals surface area (Å²) >= 11 is 0. The Balaban J connectivity index is 2.42. The van der Waals surface area contributed by atoms with Crippen molar-refractivity contribution in [3.05, 3.63) is 53.4 Å². The van der Waals surface area contributed by atoms with Crippen molar-refractivity contribution in [2.24, 2.45) is 17.6 Å². The molecule has 0 aliphatic heterocycles. The molecular formula is C30H34F5N5O2. The van der Waals surface area contributed by atoms with Crippen LogP contribution in [0, 0.1) is 34.8 Å². The third kappa shape index (κ3) is 6.50. The second-order valence-electron chi connectivity index (χ2n) is 10.5. The van der Waals surface area contributed by atoms with Gasteiger partial charge in [0.2, 0.25) is 0 Å². The summed E-state index contributed by atoms with van der Waals surface area (Å²) in [6.45, 7) is 11.5. The van der Waals surface area contributed by atoms with E-state index in [4.69, 9.17) is 15.2 Å². The lowest BCUT2D eigenvalue weighted by Gasteiger charge is -2.34. The number of benzene rings is 2. The fourth-order valence-corrected chi connectivity index (χ4v) is 4.94. The van der Waals surface area contributed by atoms with Gasteiger partial charge in [-0.15, -0.1) is 0 Å². The number of nitrogens with two attached hydrogens (primary N) is 1. The zero-order valence-electron chi connectivity index (χ0n) is 24.4. The largest absolute Gasteiger partial charge is 0.467 e. The molecule has 2 aromatic carbocycles. The summed E-state index contributed by atoms with van der Waals surface area (Å²) in [6, 6.07) is 3.57. The molecule has 226 valence electrons. The van der Waals surface area contributed by atoms with E-state index in [1.807, 2.05) is 13.8 Å². The molecule has 0 aliphatic rings. The van der Waals surface area contributed by atoms with Gasteiger partial charge in [0.1, 0.15) is 23.0 Å². The zero-order chi connectivity index (χ0) is 31.5. The van der Waals surface area contributed by atoms with Crippen LogP contribution in [0.2, 0.25) is 0 Å². The maximum absolute atomic E-state index is 16.4. The van der Waals surface area contributed by atoms with Crippen LogP contribution in [0.3, 0.4) is 0 Å². The number of alkyl halides is 3. The first-order valence-electron chi connectivity index (χ1n) is 13.4. The fourth-order valence-electron chi connectivity index (χ4n) is 4.94. The second-order valence-corrected chi connectivity index (χ2v) is 10.5. The molecule has 0 saturated heterocycles. The number of fused-ring (bicyclic) bond motifs is 1. The Morgan fingerprint density at radius 1 is 1.17 bits per heavy atom. The van der Waals surface area contributed by atoms with Crippen molar-refractivity contribution in [1.29, 1.82) is 5.26 Å². The molecule has 0 fully saturated rings. The van der Waals surface area contributed by atoms with E-state index in [1.54, 1.807) is 18.0 Å². The lowest BCUT2D eigenvalue weighted by Crippen LogP contribution is -2.37. The molecule has 7 nitrogen and oxygen atoms in total. The van der Waals surface area contributed by atoms with Crippen molar-refractivity contribution >= 4 is 16.7 Å². The number of hydrogen-bond donors (Lipinski definition) is 1. The van der Waals surface area contributed by atoms with Crippen LogP contribution in [0.5, 0.6) is 11.8 Å². The van der Waals surface area contributed by atoms with E-state index >= 15 is 4.39 Å². The van der Waals surface area contributed by atoms with Crippen LogP contribution < -0.4 is 20.1 Å². The number of rotatable bonds is 11. The average Bonchev–Trinajstić information content (AvgIpc) is 2.92. The standard InChI is InChI=1S/C30H34F5N5O2/c1-8-16(4)9-12-23(15(2)3)40(6)28-19-13-21(30(33,34)35)24(25(32)26(19)38-29(39-28)41-7)18-10-11-22(31)27(20(18)14-36)42-17(5)37/h10-11,13,15-16,23H,5,8-9,12,37H2,1-4,6-7H3. The maximum atomic E-state index is 16.4. The normalized spacial score (nSPS) is 13.1. The fraction of sp³-hybridized carbons (Fsp3) is 0.433. The van der Waals surface area contributed by atoms with E-state index in [0.29, 0.717) is 5.92 Å². The lowest BCUT2D eigenvalue weighted by atomic mass is 9.91. The zero-order valence-corrected chi connectivity index (χ0v) is 24.4. The molecule has 0 bridgehead atoms. The Labute approximate surface area is 241 Å². The molecule has 2 N–H and O–H groups in total. The third-order valence-corrected chi connectivity index (χ3v) is 7.36. The molecule has 1 heterocycles. The molecular weight excluding hydrogens is 557 g/mol. The van der Waals surface area contributed by atoms with Gasteiger partial charge in [-0.3, -0.25) is 0 Å². The van der Waals surface area contributed by atoms with Gasteiger partial charge in [-0.1, -0.05) is 34.1 Å². The van der Waals surface area contributed by atoms with Gasteiger partial charge >= 0.3 is 12.2 Å². The average molecular weight is 592 g/mol. The van der Waals surface area contributed by atoms with Crippen LogP contribution in [0.1, 0.15) is 58.1 Å². The number of nitrogens with zero attached hydrogens (tertiary/aromatic N) is 4. The van der Waals surface area contributed by atoms with E-state index in [0.717, 1.165) is 37.5 Å². The lowest BCUT2D eigenvalue weighted by molar-refractivity contribution is -0.137. The molecule has 3 rings (SSSR count). The highest BCUT2D eigenvalue weighted by molar-refractivity contribution is 5.96. The minimum absolute atomic E-state index is 0.0544. The summed E-state index contributed by atoms with van der Waals surface area (Å²) in [4.78, 5) is 10.1. The van der Waals surface area contributed by atoms with E-state index in [9.17, 15) is 22.8 Å². The van der Waals surface area contributed by atoms with Gasteiger partial charge in [0.15, 0.2) is 23.3 Å². The van der Waals surface area contributed by atoms with Crippen molar-refractivity contribution in [3.8, 4) is 29.0 Å². The quantitative estimate of drug-likeness (QED) is 0.181. The maximum Gasteiger partial charge on any atom is 0.417 e. The van der Waals surface area contributed by atoms with Crippen molar-refractivity contribution in [2.75, 3.05) is 19.1 Å². The highest BCUT2D eigenvalue weighted by atomic mass is 19.4. The van der Waals surface area contributed by atoms with Crippen LogP contribution in [-0.4, -0.2) is 30.2 Å². The minimum atomic E-state index is -5.09. The topological polar surface area (TPSA) is 97.3 Å². The number of ether oxygens (including phenoxy) is 2. The second kappa shape index (κ2) is 12.8. The van der Waals surface area contributed by atoms with Gasteiger partial charge < -0.3 is 20.1 Å². The first-order chi connectivity index (χ1) is 19.7. The number of methoxy groups -OCH3 is 1. The molecule has 0 radical (unpaired) electrons. The van der Waals surface area contributed by atoms with Gasteiger partial charge in [-0.05, 0) is 49.5 Å². The summed E-state index contributed by atoms with van der Waals surface area (Å²) in [5.41, 5.74) is 1.25. The Morgan fingerprint density at radius 2 is 1.83 bits per heavy atom. The Morgan fingerprint density at radius 3 is 2.36 bits per heavy atom. The van der Waals surface area contributed by atoms with Crippen LogP contribution >= 0.6 is 0 Å². The molecule has 12 heteroatoms. The monoisotopic (exact) mass is 591 g/mol. The van der Waals surface area contributed by atoms with Crippen molar-refractivity contribution in [2.45, 2.75) is 59.2 Å². The smallest absolute Gasteiger partial charge is 0.417 e. The van der Waals surface area contributed by atoms with Crippen LogP contribution in [0.15, 0.2) is 30.7 Å². The predicted octanol–water partition coefficient (Wildman–Crippen LogP) is 7.57. The molecule has 1 aromatic heterocycles. The van der Waals surface area contributed by atoms with E-state index in [1.165, 1.54) is 7.11 Å². The predicted molar refractivity (Wildman–Crippen MR) is 151 cm³/mol. The van der Waals surface area contributed by atoms with Gasteiger partial charge in [-0.2, -0.15) is 28.4 Å². The highest BCUT2D eigenvalue weighted by Gasteiger charge is 2.39. The summed E-state index contributed by atoms with van der Waals surface area (Å²) in [7, 11) is 2.95. The molecule has 2 atom stereocenters. The van der Waals surface area contributed by atoms with Crippen LogP contribution in [-0.2, 0) is 6.18 Å². The molecule has 42 heavy (non-hydrogen) atoms. The van der Waals surface area contributed by atoms with Crippen molar-refractivity contribution in [1.82, 2.24) is 9.97 Å². The summed E-state index contributed by atoms with van der Waals surface area (Å²) in [5, 5.41) is 9.59. The van der Waals surface area contributed by atoms with Crippen molar-refractivity contribution < 1.29 is 31.4 Å². The minimum Gasteiger partial charge on any atom is -0.467 e. The van der Waals surface area contributed by atoms with Gasteiger partial charge in [0, 0.05) is 29.6 Å².